The highest BCUT2D eigenvalue weighted by atomic mass is 19.1. The van der Waals surface area contributed by atoms with Crippen molar-refractivity contribution in [3.05, 3.63) is 95.6 Å². The molecule has 2 N–H and O–H groups in total. The van der Waals surface area contributed by atoms with E-state index in [1.165, 1.54) is 12.1 Å². The van der Waals surface area contributed by atoms with E-state index in [-0.39, 0.29) is 11.8 Å². The number of benzene rings is 2. The maximum Gasteiger partial charge on any atom is 0.319 e. The van der Waals surface area contributed by atoms with E-state index < -0.39 is 0 Å². The van der Waals surface area contributed by atoms with Gasteiger partial charge in [0.25, 0.3) is 0 Å². The first-order chi connectivity index (χ1) is 12.2. The Morgan fingerprint density at radius 2 is 1.64 bits per heavy atom. The van der Waals surface area contributed by atoms with Crippen LogP contribution in [0.1, 0.15) is 16.7 Å². The number of nitrogens with zero attached hydrogens (tertiary/aromatic N) is 1. The smallest absolute Gasteiger partial charge is 0.319 e. The first-order valence-electron chi connectivity index (χ1n) is 7.96. The SMILES string of the molecule is O=C(NCc1ccc(F)cc1)Nc1ccc(Cc2cccnc2)cc1. The molecule has 0 bridgehead atoms. The summed E-state index contributed by atoms with van der Waals surface area (Å²) < 4.78 is 12.8. The lowest BCUT2D eigenvalue weighted by molar-refractivity contribution is 0.251. The van der Waals surface area contributed by atoms with E-state index in [0.717, 1.165) is 23.1 Å². The average Bonchev–Trinajstić information content (AvgIpc) is 2.64. The molecule has 0 aliphatic carbocycles. The second-order valence-corrected chi connectivity index (χ2v) is 5.67. The predicted octanol–water partition coefficient (Wildman–Crippen LogP) is 4.13. The molecule has 3 rings (SSSR count). The number of nitrogens with one attached hydrogen (secondary N) is 2. The molecule has 0 spiro atoms. The van der Waals surface area contributed by atoms with Crippen LogP contribution in [0.15, 0.2) is 73.1 Å². The van der Waals surface area contributed by atoms with Crippen molar-refractivity contribution in [3.8, 4) is 0 Å². The minimum absolute atomic E-state index is 0.292. The van der Waals surface area contributed by atoms with Gasteiger partial charge in [0.15, 0.2) is 0 Å². The normalized spacial score (nSPS) is 10.3. The average molecular weight is 335 g/mol. The van der Waals surface area contributed by atoms with Gasteiger partial charge in [-0.1, -0.05) is 30.3 Å². The van der Waals surface area contributed by atoms with Crippen LogP contribution in [-0.2, 0) is 13.0 Å². The van der Waals surface area contributed by atoms with Gasteiger partial charge >= 0.3 is 6.03 Å². The number of halogens is 1. The summed E-state index contributed by atoms with van der Waals surface area (Å²) in [6, 6.07) is 17.3. The molecule has 0 atom stereocenters. The fraction of sp³-hybridized carbons (Fsp3) is 0.100. The van der Waals surface area contributed by atoms with E-state index in [1.54, 1.807) is 18.3 Å². The molecule has 1 heterocycles. The fourth-order valence-electron chi connectivity index (χ4n) is 2.40. The molecular formula is C20H18FN3O. The Kier molecular flexibility index (Phi) is 5.36. The molecule has 126 valence electrons. The lowest BCUT2D eigenvalue weighted by Gasteiger charge is -2.09. The Morgan fingerprint density at radius 1 is 0.920 bits per heavy atom. The van der Waals surface area contributed by atoms with E-state index in [4.69, 9.17) is 0 Å². The second-order valence-electron chi connectivity index (χ2n) is 5.67. The molecule has 2 amide bonds. The maximum atomic E-state index is 12.8. The van der Waals surface area contributed by atoms with Gasteiger partial charge in [-0.3, -0.25) is 4.98 Å². The zero-order valence-electron chi connectivity index (χ0n) is 13.6. The molecule has 2 aromatic carbocycles. The van der Waals surface area contributed by atoms with Gasteiger partial charge in [0.2, 0.25) is 0 Å². The number of hydrogen-bond acceptors (Lipinski definition) is 2. The first-order valence-corrected chi connectivity index (χ1v) is 7.96. The van der Waals surface area contributed by atoms with Crippen molar-refractivity contribution in [3.63, 3.8) is 0 Å². The van der Waals surface area contributed by atoms with Crippen LogP contribution in [0.25, 0.3) is 0 Å². The highest BCUT2D eigenvalue weighted by Gasteiger charge is 2.03. The lowest BCUT2D eigenvalue weighted by atomic mass is 10.1. The third-order valence-electron chi connectivity index (χ3n) is 3.71. The van der Waals surface area contributed by atoms with E-state index in [9.17, 15) is 9.18 Å². The lowest BCUT2D eigenvalue weighted by Crippen LogP contribution is -2.28. The number of hydrogen-bond donors (Lipinski definition) is 2. The van der Waals surface area contributed by atoms with Crippen LogP contribution in [0, 0.1) is 5.82 Å². The Labute approximate surface area is 145 Å². The van der Waals surface area contributed by atoms with Crippen molar-refractivity contribution in [2.75, 3.05) is 5.32 Å². The van der Waals surface area contributed by atoms with Crippen LogP contribution < -0.4 is 10.6 Å². The molecule has 0 aliphatic rings. The second kappa shape index (κ2) is 8.06. The summed E-state index contributed by atoms with van der Waals surface area (Å²) in [5, 5.41) is 5.52. The summed E-state index contributed by atoms with van der Waals surface area (Å²) >= 11 is 0. The van der Waals surface area contributed by atoms with Crippen molar-refractivity contribution in [1.82, 2.24) is 10.3 Å². The molecule has 0 saturated heterocycles. The van der Waals surface area contributed by atoms with Crippen LogP contribution in [0.4, 0.5) is 14.9 Å². The van der Waals surface area contributed by atoms with Crippen LogP contribution in [0.2, 0.25) is 0 Å². The molecule has 0 aliphatic heterocycles. The molecular weight excluding hydrogens is 317 g/mol. The molecule has 1 aromatic heterocycles. The highest BCUT2D eigenvalue weighted by Crippen LogP contribution is 2.13. The topological polar surface area (TPSA) is 54.0 Å². The summed E-state index contributed by atoms with van der Waals surface area (Å²) in [7, 11) is 0. The monoisotopic (exact) mass is 335 g/mol. The molecule has 25 heavy (non-hydrogen) atoms. The van der Waals surface area contributed by atoms with Gasteiger partial charge in [0, 0.05) is 24.6 Å². The largest absolute Gasteiger partial charge is 0.334 e. The first kappa shape index (κ1) is 16.6. The van der Waals surface area contributed by atoms with Crippen molar-refractivity contribution >= 4 is 11.7 Å². The number of rotatable bonds is 5. The minimum Gasteiger partial charge on any atom is -0.334 e. The summed E-state index contributed by atoms with van der Waals surface area (Å²) in [5.41, 5.74) is 3.83. The van der Waals surface area contributed by atoms with E-state index in [1.807, 2.05) is 42.6 Å². The van der Waals surface area contributed by atoms with Gasteiger partial charge in [-0.25, -0.2) is 9.18 Å². The Morgan fingerprint density at radius 3 is 2.32 bits per heavy atom. The van der Waals surface area contributed by atoms with Gasteiger partial charge in [-0.15, -0.1) is 0 Å². The number of carbonyl (C=O) groups excluding carboxylic acids is 1. The van der Waals surface area contributed by atoms with E-state index in [2.05, 4.69) is 15.6 Å². The predicted molar refractivity (Wildman–Crippen MR) is 95.7 cm³/mol. The molecule has 0 radical (unpaired) electrons. The Bertz CT molecular complexity index is 818. The minimum atomic E-state index is -0.302. The number of aromatic nitrogens is 1. The maximum absolute atomic E-state index is 12.8. The Hall–Kier alpha value is -3.21. The van der Waals surface area contributed by atoms with Crippen molar-refractivity contribution in [1.29, 1.82) is 0 Å². The standard InChI is InChI=1S/C20H18FN3O/c21-18-7-3-16(4-8-18)14-23-20(25)24-19-9-5-15(6-10-19)12-17-2-1-11-22-13-17/h1-11,13H,12,14H2,(H2,23,24,25). The summed E-state index contributed by atoms with van der Waals surface area (Å²) in [6.45, 7) is 0.338. The molecule has 4 nitrogen and oxygen atoms in total. The highest BCUT2D eigenvalue weighted by molar-refractivity contribution is 5.89. The summed E-state index contributed by atoms with van der Waals surface area (Å²) in [6.07, 6.45) is 4.39. The number of anilines is 1. The fourth-order valence-corrected chi connectivity index (χ4v) is 2.40. The van der Waals surface area contributed by atoms with Gasteiger partial charge in [0.05, 0.1) is 0 Å². The molecule has 3 aromatic rings. The third-order valence-corrected chi connectivity index (χ3v) is 3.71. The van der Waals surface area contributed by atoms with Gasteiger partial charge in [-0.05, 0) is 53.4 Å². The van der Waals surface area contributed by atoms with Crippen molar-refractivity contribution in [2.45, 2.75) is 13.0 Å². The van der Waals surface area contributed by atoms with Crippen molar-refractivity contribution in [2.24, 2.45) is 0 Å². The molecule has 0 unspecified atom stereocenters. The van der Waals surface area contributed by atoms with E-state index >= 15 is 0 Å². The summed E-state index contributed by atoms with van der Waals surface area (Å²) in [4.78, 5) is 16.0. The quantitative estimate of drug-likeness (QED) is 0.736. The molecule has 0 saturated carbocycles. The van der Waals surface area contributed by atoms with Gasteiger partial charge in [-0.2, -0.15) is 0 Å². The third kappa shape index (κ3) is 5.14. The van der Waals surface area contributed by atoms with Crippen LogP contribution in [-0.4, -0.2) is 11.0 Å². The van der Waals surface area contributed by atoms with Crippen LogP contribution in [0.5, 0.6) is 0 Å². The Balaban J connectivity index is 1.50. The van der Waals surface area contributed by atoms with Gasteiger partial charge in [0.1, 0.15) is 5.82 Å². The molecule has 5 heteroatoms. The number of carbonyl (C=O) groups is 1. The molecule has 0 fully saturated rings. The zero-order valence-corrected chi connectivity index (χ0v) is 13.6. The zero-order chi connectivity index (χ0) is 17.5. The summed E-state index contributed by atoms with van der Waals surface area (Å²) in [5.74, 6) is -0.292. The van der Waals surface area contributed by atoms with Crippen LogP contribution in [0.3, 0.4) is 0 Å². The van der Waals surface area contributed by atoms with Gasteiger partial charge < -0.3 is 10.6 Å². The van der Waals surface area contributed by atoms with Crippen molar-refractivity contribution < 1.29 is 9.18 Å². The number of amides is 2. The van der Waals surface area contributed by atoms with E-state index in [0.29, 0.717) is 12.2 Å². The number of urea groups is 1. The van der Waals surface area contributed by atoms with Crippen LogP contribution >= 0.6 is 0 Å². The number of pyridine rings is 1.